The van der Waals surface area contributed by atoms with Crippen molar-refractivity contribution in [2.24, 2.45) is 0 Å². The number of hydrogen-bond donors (Lipinski definition) is 4. The highest BCUT2D eigenvalue weighted by Crippen LogP contribution is 2.35. The van der Waals surface area contributed by atoms with E-state index in [0.717, 1.165) is 0 Å². The van der Waals surface area contributed by atoms with Crippen LogP contribution in [0.15, 0.2) is 24.3 Å². The molecule has 0 aliphatic carbocycles. The van der Waals surface area contributed by atoms with Crippen LogP contribution in [-0.2, 0) is 0 Å². The third kappa shape index (κ3) is 2.49. The van der Waals surface area contributed by atoms with Crippen LogP contribution in [0, 0.1) is 13.8 Å². The number of rotatable bonds is 2. The van der Waals surface area contributed by atoms with Gasteiger partial charge in [-0.2, -0.15) is 0 Å². The molecule has 2 aromatic carbocycles. The first-order chi connectivity index (χ1) is 8.88. The summed E-state index contributed by atoms with van der Waals surface area (Å²) in [6.45, 7) is 3.46. The maximum Gasteiger partial charge on any atom is 0.141 e. The average Bonchev–Trinajstić information content (AvgIpc) is 2.33. The Kier molecular flexibility index (Phi) is 3.12. The highest BCUT2D eigenvalue weighted by Gasteiger charge is 2.08. The number of nitrogen functional groups attached to an aromatic ring is 2. The smallest absolute Gasteiger partial charge is 0.141 e. The van der Waals surface area contributed by atoms with E-state index < -0.39 is 0 Å². The standard InChI is InChI=1S/C14H16N2O3/c1-7-3-9(5-11(15)13(7)17)19-10-4-8(2)14(18)12(16)6-10/h3-6,17-18H,15-16H2,1-2H3. The Labute approximate surface area is 111 Å². The number of ether oxygens (including phenoxy) is 1. The van der Waals surface area contributed by atoms with E-state index in [1.807, 2.05) is 0 Å². The second kappa shape index (κ2) is 4.61. The minimum absolute atomic E-state index is 0.0498. The van der Waals surface area contributed by atoms with Crippen LogP contribution in [0.1, 0.15) is 11.1 Å². The lowest BCUT2D eigenvalue weighted by molar-refractivity contribution is 0.457. The molecule has 0 aromatic heterocycles. The van der Waals surface area contributed by atoms with Gasteiger partial charge >= 0.3 is 0 Å². The van der Waals surface area contributed by atoms with Crippen molar-refractivity contribution in [1.29, 1.82) is 0 Å². The number of phenolic OH excluding ortho intramolecular Hbond substituents is 2. The fourth-order valence-corrected chi connectivity index (χ4v) is 1.80. The lowest BCUT2D eigenvalue weighted by atomic mass is 10.1. The van der Waals surface area contributed by atoms with Crippen LogP contribution in [0.25, 0.3) is 0 Å². The minimum Gasteiger partial charge on any atom is -0.506 e. The van der Waals surface area contributed by atoms with Gasteiger partial charge in [-0.05, 0) is 37.1 Å². The highest BCUT2D eigenvalue weighted by atomic mass is 16.5. The summed E-state index contributed by atoms with van der Waals surface area (Å²) < 4.78 is 5.63. The number of benzene rings is 2. The molecule has 0 saturated heterocycles. The number of phenols is 2. The van der Waals surface area contributed by atoms with Gasteiger partial charge in [0.05, 0.1) is 11.4 Å². The van der Waals surface area contributed by atoms with Crippen LogP contribution in [0.3, 0.4) is 0 Å². The summed E-state index contributed by atoms with van der Waals surface area (Å²) in [5, 5.41) is 19.2. The van der Waals surface area contributed by atoms with Gasteiger partial charge in [0.15, 0.2) is 0 Å². The summed E-state index contributed by atoms with van der Waals surface area (Å²) >= 11 is 0. The zero-order valence-corrected chi connectivity index (χ0v) is 10.8. The second-order valence-electron chi connectivity index (χ2n) is 4.46. The normalized spacial score (nSPS) is 10.4. The third-order valence-electron chi connectivity index (χ3n) is 2.84. The quantitative estimate of drug-likeness (QED) is 0.491. The minimum atomic E-state index is 0.0498. The summed E-state index contributed by atoms with van der Waals surface area (Å²) in [7, 11) is 0. The van der Waals surface area contributed by atoms with E-state index in [-0.39, 0.29) is 22.9 Å². The van der Waals surface area contributed by atoms with E-state index in [9.17, 15) is 10.2 Å². The predicted molar refractivity (Wildman–Crippen MR) is 74.6 cm³/mol. The molecule has 0 atom stereocenters. The van der Waals surface area contributed by atoms with Crippen LogP contribution in [0.2, 0.25) is 0 Å². The molecule has 0 spiro atoms. The van der Waals surface area contributed by atoms with Crippen molar-refractivity contribution in [3.8, 4) is 23.0 Å². The Morgan fingerprint density at radius 3 is 1.47 bits per heavy atom. The Morgan fingerprint density at radius 2 is 1.16 bits per heavy atom. The molecule has 0 heterocycles. The van der Waals surface area contributed by atoms with E-state index in [2.05, 4.69) is 0 Å². The Bertz CT molecular complexity index is 537. The SMILES string of the molecule is Cc1cc(Oc2cc(C)c(O)c(N)c2)cc(N)c1O. The first kappa shape index (κ1) is 12.9. The fraction of sp³-hybridized carbons (Fsp3) is 0.143. The van der Waals surface area contributed by atoms with E-state index >= 15 is 0 Å². The summed E-state index contributed by atoms with van der Waals surface area (Å²) in [5.41, 5.74) is 13.1. The Hall–Kier alpha value is -2.56. The van der Waals surface area contributed by atoms with Crippen LogP contribution >= 0.6 is 0 Å². The largest absolute Gasteiger partial charge is 0.506 e. The molecular weight excluding hydrogens is 244 g/mol. The molecule has 0 saturated carbocycles. The number of anilines is 2. The molecule has 0 unspecified atom stereocenters. The number of aromatic hydroxyl groups is 2. The zero-order valence-electron chi connectivity index (χ0n) is 10.8. The van der Waals surface area contributed by atoms with Gasteiger partial charge in [0.2, 0.25) is 0 Å². The fourth-order valence-electron chi connectivity index (χ4n) is 1.80. The van der Waals surface area contributed by atoms with Gasteiger partial charge in [0.25, 0.3) is 0 Å². The number of aryl methyl sites for hydroxylation is 2. The van der Waals surface area contributed by atoms with Crippen molar-refractivity contribution in [2.45, 2.75) is 13.8 Å². The molecular formula is C14H16N2O3. The van der Waals surface area contributed by atoms with Crippen molar-refractivity contribution in [3.05, 3.63) is 35.4 Å². The van der Waals surface area contributed by atoms with Crippen LogP contribution in [-0.4, -0.2) is 10.2 Å². The molecule has 0 aliphatic rings. The van der Waals surface area contributed by atoms with Crippen molar-refractivity contribution in [2.75, 3.05) is 11.5 Å². The van der Waals surface area contributed by atoms with Gasteiger partial charge in [0, 0.05) is 12.1 Å². The summed E-state index contributed by atoms with van der Waals surface area (Å²) in [4.78, 5) is 0. The van der Waals surface area contributed by atoms with Crippen molar-refractivity contribution < 1.29 is 14.9 Å². The van der Waals surface area contributed by atoms with Gasteiger partial charge in [-0.1, -0.05) is 0 Å². The van der Waals surface area contributed by atoms with Crippen molar-refractivity contribution in [3.63, 3.8) is 0 Å². The lowest BCUT2D eigenvalue weighted by Crippen LogP contribution is -1.93. The topological polar surface area (TPSA) is 102 Å². The average molecular weight is 260 g/mol. The van der Waals surface area contributed by atoms with Crippen molar-refractivity contribution >= 4 is 11.4 Å². The van der Waals surface area contributed by atoms with Crippen LogP contribution < -0.4 is 16.2 Å². The van der Waals surface area contributed by atoms with E-state index in [0.29, 0.717) is 22.6 Å². The summed E-state index contributed by atoms with van der Waals surface area (Å²) in [5.74, 6) is 1.09. The number of hydrogen-bond acceptors (Lipinski definition) is 5. The summed E-state index contributed by atoms with van der Waals surface area (Å²) in [6.07, 6.45) is 0. The summed E-state index contributed by atoms with van der Waals surface area (Å²) in [6, 6.07) is 6.40. The monoisotopic (exact) mass is 260 g/mol. The van der Waals surface area contributed by atoms with Gasteiger partial charge in [0.1, 0.15) is 23.0 Å². The van der Waals surface area contributed by atoms with Crippen molar-refractivity contribution in [1.82, 2.24) is 0 Å². The Morgan fingerprint density at radius 1 is 0.789 bits per heavy atom. The van der Waals surface area contributed by atoms with Crippen LogP contribution in [0.4, 0.5) is 11.4 Å². The van der Waals surface area contributed by atoms with Gasteiger partial charge in [-0.15, -0.1) is 0 Å². The molecule has 5 nitrogen and oxygen atoms in total. The van der Waals surface area contributed by atoms with E-state index in [4.69, 9.17) is 16.2 Å². The van der Waals surface area contributed by atoms with Gasteiger partial charge < -0.3 is 26.4 Å². The maximum atomic E-state index is 9.59. The molecule has 100 valence electrons. The zero-order chi connectivity index (χ0) is 14.2. The van der Waals surface area contributed by atoms with E-state index in [1.54, 1.807) is 26.0 Å². The van der Waals surface area contributed by atoms with Gasteiger partial charge in [-0.25, -0.2) is 0 Å². The molecule has 19 heavy (non-hydrogen) atoms. The molecule has 2 rings (SSSR count). The predicted octanol–water partition coefficient (Wildman–Crippen LogP) is 2.67. The highest BCUT2D eigenvalue weighted by molar-refractivity contribution is 5.62. The molecule has 2 aromatic rings. The molecule has 0 fully saturated rings. The lowest BCUT2D eigenvalue weighted by Gasteiger charge is -2.11. The molecule has 0 radical (unpaired) electrons. The first-order valence-electron chi connectivity index (χ1n) is 5.74. The third-order valence-corrected chi connectivity index (χ3v) is 2.84. The molecule has 5 heteroatoms. The second-order valence-corrected chi connectivity index (χ2v) is 4.46. The molecule has 0 amide bonds. The number of nitrogens with two attached hydrogens (primary N) is 2. The Balaban J connectivity index is 2.36. The molecule has 0 bridgehead atoms. The molecule has 0 aliphatic heterocycles. The first-order valence-corrected chi connectivity index (χ1v) is 5.74. The molecule has 6 N–H and O–H groups in total. The van der Waals surface area contributed by atoms with E-state index in [1.165, 1.54) is 12.1 Å². The van der Waals surface area contributed by atoms with Crippen LogP contribution in [0.5, 0.6) is 23.0 Å². The van der Waals surface area contributed by atoms with Gasteiger partial charge in [-0.3, -0.25) is 0 Å². The maximum absolute atomic E-state index is 9.59.